The van der Waals surface area contributed by atoms with Gasteiger partial charge in [-0.25, -0.2) is 0 Å². The van der Waals surface area contributed by atoms with Crippen molar-refractivity contribution < 1.29 is 14.2 Å². The lowest BCUT2D eigenvalue weighted by atomic mass is 10.2. The first-order valence-electron chi connectivity index (χ1n) is 5.77. The van der Waals surface area contributed by atoms with Gasteiger partial charge < -0.3 is 19.9 Å². The Morgan fingerprint density at radius 2 is 1.94 bits per heavy atom. The third-order valence-corrected chi connectivity index (χ3v) is 2.12. The summed E-state index contributed by atoms with van der Waals surface area (Å²) >= 11 is 0. The Hall–Kier alpha value is -1.42. The summed E-state index contributed by atoms with van der Waals surface area (Å²) < 4.78 is 16.2. The van der Waals surface area contributed by atoms with E-state index in [2.05, 4.69) is 13.8 Å². The summed E-state index contributed by atoms with van der Waals surface area (Å²) in [5.41, 5.74) is 6.31. The first-order valence-corrected chi connectivity index (χ1v) is 5.77. The van der Waals surface area contributed by atoms with Crippen molar-refractivity contribution in [3.05, 3.63) is 18.2 Å². The second-order valence-corrected chi connectivity index (χ2v) is 4.23. The SMILES string of the molecule is COc1cc(N)ccc1OCCOCC(C)C. The standard InChI is InChI=1S/C13H21NO3/c1-10(2)9-16-6-7-17-12-5-4-11(14)8-13(12)15-3/h4-5,8,10H,6-7,9,14H2,1-3H3. The lowest BCUT2D eigenvalue weighted by Crippen LogP contribution is -2.10. The highest BCUT2D eigenvalue weighted by atomic mass is 16.5. The van der Waals surface area contributed by atoms with Gasteiger partial charge in [-0.2, -0.15) is 0 Å². The predicted molar refractivity (Wildman–Crippen MR) is 68.6 cm³/mol. The van der Waals surface area contributed by atoms with Crippen molar-refractivity contribution in [3.8, 4) is 11.5 Å². The smallest absolute Gasteiger partial charge is 0.162 e. The normalized spacial score (nSPS) is 10.6. The number of ether oxygens (including phenoxy) is 3. The number of nitrogens with two attached hydrogens (primary N) is 1. The third kappa shape index (κ3) is 4.95. The van der Waals surface area contributed by atoms with Gasteiger partial charge in [0.15, 0.2) is 11.5 Å². The number of methoxy groups -OCH3 is 1. The topological polar surface area (TPSA) is 53.7 Å². The van der Waals surface area contributed by atoms with Crippen LogP contribution >= 0.6 is 0 Å². The monoisotopic (exact) mass is 239 g/mol. The number of nitrogen functional groups attached to an aromatic ring is 1. The zero-order valence-electron chi connectivity index (χ0n) is 10.7. The van der Waals surface area contributed by atoms with Crippen LogP contribution in [-0.2, 0) is 4.74 Å². The highest BCUT2D eigenvalue weighted by molar-refractivity contribution is 5.51. The maximum absolute atomic E-state index is 5.65. The summed E-state index contributed by atoms with van der Waals surface area (Å²) in [7, 11) is 1.59. The van der Waals surface area contributed by atoms with Gasteiger partial charge in [-0.3, -0.25) is 0 Å². The van der Waals surface area contributed by atoms with Crippen LogP contribution in [0.3, 0.4) is 0 Å². The maximum atomic E-state index is 5.65. The van der Waals surface area contributed by atoms with Gasteiger partial charge in [0, 0.05) is 18.4 Å². The van der Waals surface area contributed by atoms with Crippen LogP contribution in [0.25, 0.3) is 0 Å². The Morgan fingerprint density at radius 3 is 2.59 bits per heavy atom. The van der Waals surface area contributed by atoms with Crippen molar-refractivity contribution in [1.29, 1.82) is 0 Å². The van der Waals surface area contributed by atoms with E-state index >= 15 is 0 Å². The molecule has 0 spiro atoms. The molecule has 0 unspecified atom stereocenters. The van der Waals surface area contributed by atoms with Gasteiger partial charge in [-0.1, -0.05) is 13.8 Å². The molecule has 0 bridgehead atoms. The maximum Gasteiger partial charge on any atom is 0.162 e. The molecule has 0 atom stereocenters. The van der Waals surface area contributed by atoms with E-state index in [1.165, 1.54) is 0 Å². The van der Waals surface area contributed by atoms with E-state index in [1.807, 2.05) is 0 Å². The van der Waals surface area contributed by atoms with E-state index < -0.39 is 0 Å². The van der Waals surface area contributed by atoms with Gasteiger partial charge in [-0.15, -0.1) is 0 Å². The van der Waals surface area contributed by atoms with Crippen molar-refractivity contribution in [2.45, 2.75) is 13.8 Å². The number of rotatable bonds is 7. The van der Waals surface area contributed by atoms with E-state index in [-0.39, 0.29) is 0 Å². The number of hydrogen-bond donors (Lipinski definition) is 1. The van der Waals surface area contributed by atoms with Crippen LogP contribution in [0.5, 0.6) is 11.5 Å². The molecular formula is C13H21NO3. The van der Waals surface area contributed by atoms with Crippen LogP contribution in [-0.4, -0.2) is 26.9 Å². The Balaban J connectivity index is 2.36. The van der Waals surface area contributed by atoms with Crippen molar-refractivity contribution >= 4 is 5.69 Å². The molecule has 1 aromatic carbocycles. The van der Waals surface area contributed by atoms with Crippen molar-refractivity contribution in [1.82, 2.24) is 0 Å². The zero-order chi connectivity index (χ0) is 12.7. The minimum atomic E-state index is 0.507. The van der Waals surface area contributed by atoms with Crippen molar-refractivity contribution in [2.24, 2.45) is 5.92 Å². The lowest BCUT2D eigenvalue weighted by molar-refractivity contribution is 0.0811. The fourth-order valence-corrected chi connectivity index (χ4v) is 1.33. The van der Waals surface area contributed by atoms with Crippen LogP contribution in [0.15, 0.2) is 18.2 Å². The zero-order valence-corrected chi connectivity index (χ0v) is 10.7. The molecule has 2 N–H and O–H groups in total. The van der Waals surface area contributed by atoms with Crippen molar-refractivity contribution in [2.75, 3.05) is 32.7 Å². The summed E-state index contributed by atoms with van der Waals surface area (Å²) in [4.78, 5) is 0. The predicted octanol–water partition coefficient (Wildman–Crippen LogP) is 2.33. The van der Waals surface area contributed by atoms with Crippen LogP contribution < -0.4 is 15.2 Å². The third-order valence-electron chi connectivity index (χ3n) is 2.12. The van der Waals surface area contributed by atoms with Crippen LogP contribution in [0.4, 0.5) is 5.69 Å². The van der Waals surface area contributed by atoms with Gasteiger partial charge >= 0.3 is 0 Å². The first kappa shape index (κ1) is 13.6. The van der Waals surface area contributed by atoms with Gasteiger partial charge in [0.05, 0.1) is 13.7 Å². The molecule has 0 amide bonds. The number of hydrogen-bond acceptors (Lipinski definition) is 4. The average molecular weight is 239 g/mol. The fraction of sp³-hybridized carbons (Fsp3) is 0.538. The molecule has 0 aliphatic rings. The molecule has 0 aromatic heterocycles. The molecular weight excluding hydrogens is 218 g/mol. The Bertz CT molecular complexity index is 339. The number of anilines is 1. The number of benzene rings is 1. The average Bonchev–Trinajstić information content (AvgIpc) is 2.29. The first-order chi connectivity index (χ1) is 8.13. The molecule has 1 rings (SSSR count). The Kier molecular flexibility index (Phi) is 5.63. The lowest BCUT2D eigenvalue weighted by Gasteiger charge is -2.12. The molecule has 0 saturated carbocycles. The van der Waals surface area contributed by atoms with E-state index in [1.54, 1.807) is 25.3 Å². The molecule has 96 valence electrons. The van der Waals surface area contributed by atoms with Crippen molar-refractivity contribution in [3.63, 3.8) is 0 Å². The summed E-state index contributed by atoms with van der Waals surface area (Å²) in [6.07, 6.45) is 0. The molecule has 0 radical (unpaired) electrons. The summed E-state index contributed by atoms with van der Waals surface area (Å²) in [5.74, 6) is 1.88. The summed E-state index contributed by atoms with van der Waals surface area (Å²) in [6.45, 7) is 6.06. The fourth-order valence-electron chi connectivity index (χ4n) is 1.33. The van der Waals surface area contributed by atoms with Gasteiger partial charge in [0.25, 0.3) is 0 Å². The molecule has 0 aliphatic heterocycles. The summed E-state index contributed by atoms with van der Waals surface area (Å²) in [5, 5.41) is 0. The second kappa shape index (κ2) is 7.01. The molecule has 4 heteroatoms. The van der Waals surface area contributed by atoms with E-state index in [9.17, 15) is 0 Å². The molecule has 0 fully saturated rings. The van der Waals surface area contributed by atoms with E-state index in [4.69, 9.17) is 19.9 Å². The van der Waals surface area contributed by atoms with E-state index in [0.29, 0.717) is 36.3 Å². The van der Waals surface area contributed by atoms with Gasteiger partial charge in [0.2, 0.25) is 0 Å². The Morgan fingerprint density at radius 1 is 1.18 bits per heavy atom. The minimum Gasteiger partial charge on any atom is -0.493 e. The molecule has 4 nitrogen and oxygen atoms in total. The van der Waals surface area contributed by atoms with Gasteiger partial charge in [-0.05, 0) is 18.1 Å². The molecule has 0 heterocycles. The van der Waals surface area contributed by atoms with E-state index in [0.717, 1.165) is 6.61 Å². The highest BCUT2D eigenvalue weighted by Crippen LogP contribution is 2.28. The minimum absolute atomic E-state index is 0.507. The van der Waals surface area contributed by atoms with Gasteiger partial charge in [0.1, 0.15) is 6.61 Å². The highest BCUT2D eigenvalue weighted by Gasteiger charge is 2.04. The van der Waals surface area contributed by atoms with Crippen LogP contribution in [0.2, 0.25) is 0 Å². The second-order valence-electron chi connectivity index (χ2n) is 4.23. The van der Waals surface area contributed by atoms with Crippen LogP contribution in [0.1, 0.15) is 13.8 Å². The summed E-state index contributed by atoms with van der Waals surface area (Å²) in [6, 6.07) is 5.33. The molecule has 17 heavy (non-hydrogen) atoms. The Labute approximate surface area is 103 Å². The quantitative estimate of drug-likeness (QED) is 0.586. The van der Waals surface area contributed by atoms with Crippen LogP contribution in [0, 0.1) is 5.92 Å². The molecule has 0 aliphatic carbocycles. The molecule has 0 saturated heterocycles. The largest absolute Gasteiger partial charge is 0.493 e. The molecule has 1 aromatic rings.